The molecule has 1 fully saturated rings. The normalized spacial score (nSPS) is 17.4. The number of nitrogens with zero attached hydrogens (tertiary/aromatic N) is 1. The number of carbonyl (C=O) groups excluding carboxylic acids is 1. The molecule has 140 valence electrons. The van der Waals surface area contributed by atoms with Crippen molar-refractivity contribution in [1.82, 2.24) is 10.2 Å². The van der Waals surface area contributed by atoms with E-state index >= 15 is 0 Å². The zero-order valence-corrected chi connectivity index (χ0v) is 16.2. The predicted molar refractivity (Wildman–Crippen MR) is 106 cm³/mol. The molecular formula is C18H19Cl3FN3O. The minimum atomic E-state index is -0.439. The second-order valence-corrected chi connectivity index (χ2v) is 6.76. The zero-order chi connectivity index (χ0) is 17.8. The molecule has 1 saturated heterocycles. The van der Waals surface area contributed by atoms with Gasteiger partial charge < -0.3 is 10.6 Å². The monoisotopic (exact) mass is 417 g/mol. The highest BCUT2D eigenvalue weighted by atomic mass is 35.5. The van der Waals surface area contributed by atoms with Gasteiger partial charge in [0.05, 0.1) is 17.3 Å². The number of amides is 1. The molecule has 0 spiro atoms. The van der Waals surface area contributed by atoms with Crippen molar-refractivity contribution in [2.75, 3.05) is 31.5 Å². The molecule has 3 rings (SSSR count). The van der Waals surface area contributed by atoms with Gasteiger partial charge in [-0.2, -0.15) is 0 Å². The lowest BCUT2D eigenvalue weighted by atomic mass is 10.0. The summed E-state index contributed by atoms with van der Waals surface area (Å²) in [5.41, 5.74) is 1.47. The van der Waals surface area contributed by atoms with Crippen molar-refractivity contribution in [3.8, 4) is 0 Å². The van der Waals surface area contributed by atoms with Gasteiger partial charge in [-0.15, -0.1) is 12.4 Å². The minimum absolute atomic E-state index is 0. The first-order valence-electron chi connectivity index (χ1n) is 7.98. The Morgan fingerprint density at radius 1 is 1.27 bits per heavy atom. The summed E-state index contributed by atoms with van der Waals surface area (Å²) in [6, 6.07) is 11.6. The smallest absolute Gasteiger partial charge is 0.238 e. The van der Waals surface area contributed by atoms with E-state index in [2.05, 4.69) is 15.5 Å². The van der Waals surface area contributed by atoms with Crippen LogP contribution in [0.3, 0.4) is 0 Å². The van der Waals surface area contributed by atoms with E-state index in [1.807, 2.05) is 24.3 Å². The van der Waals surface area contributed by atoms with E-state index in [0.717, 1.165) is 25.2 Å². The van der Waals surface area contributed by atoms with E-state index in [1.165, 1.54) is 18.2 Å². The van der Waals surface area contributed by atoms with E-state index in [1.54, 1.807) is 0 Å². The number of hydrogen-bond acceptors (Lipinski definition) is 3. The van der Waals surface area contributed by atoms with Crippen LogP contribution in [0.25, 0.3) is 0 Å². The summed E-state index contributed by atoms with van der Waals surface area (Å²) in [6.45, 7) is 2.50. The number of nitrogens with one attached hydrogen (secondary N) is 2. The third kappa shape index (κ3) is 5.32. The van der Waals surface area contributed by atoms with Gasteiger partial charge in [0.15, 0.2) is 0 Å². The Kier molecular flexibility index (Phi) is 7.68. The summed E-state index contributed by atoms with van der Waals surface area (Å²) in [5.74, 6) is -0.631. The Morgan fingerprint density at radius 2 is 2.08 bits per heavy atom. The quantitative estimate of drug-likeness (QED) is 0.784. The van der Waals surface area contributed by atoms with Gasteiger partial charge in [-0.1, -0.05) is 35.3 Å². The van der Waals surface area contributed by atoms with Crippen molar-refractivity contribution in [3.63, 3.8) is 0 Å². The maximum absolute atomic E-state index is 13.1. The molecule has 2 N–H and O–H groups in total. The molecule has 8 heteroatoms. The molecule has 26 heavy (non-hydrogen) atoms. The number of anilines is 1. The van der Waals surface area contributed by atoms with Crippen LogP contribution in [-0.4, -0.2) is 37.0 Å². The first-order chi connectivity index (χ1) is 12.0. The predicted octanol–water partition coefficient (Wildman–Crippen LogP) is 4.14. The SMILES string of the molecule is Cl.O=C(CN1CCNCC1c1cccc(Cl)c1)Nc1ccc(F)cc1Cl. The highest BCUT2D eigenvalue weighted by Gasteiger charge is 2.25. The number of piperazine rings is 1. The molecule has 0 aliphatic carbocycles. The van der Waals surface area contributed by atoms with Crippen LogP contribution in [0.2, 0.25) is 10.0 Å². The van der Waals surface area contributed by atoms with E-state index in [0.29, 0.717) is 10.7 Å². The molecule has 1 aliphatic heterocycles. The van der Waals surface area contributed by atoms with Crippen molar-refractivity contribution >= 4 is 47.2 Å². The molecule has 1 amide bonds. The van der Waals surface area contributed by atoms with Gasteiger partial charge >= 0.3 is 0 Å². The number of hydrogen-bond donors (Lipinski definition) is 2. The molecule has 1 heterocycles. The van der Waals surface area contributed by atoms with Gasteiger partial charge in [-0.3, -0.25) is 9.69 Å². The Balaban J connectivity index is 0.00000243. The van der Waals surface area contributed by atoms with Gasteiger partial charge in [0.2, 0.25) is 5.91 Å². The Morgan fingerprint density at radius 3 is 2.81 bits per heavy atom. The molecule has 0 bridgehead atoms. The topological polar surface area (TPSA) is 44.4 Å². The summed E-state index contributed by atoms with van der Waals surface area (Å²) in [6.07, 6.45) is 0. The Labute approximate surface area is 168 Å². The molecule has 0 saturated carbocycles. The minimum Gasteiger partial charge on any atom is -0.324 e. The van der Waals surface area contributed by atoms with Gasteiger partial charge in [0.25, 0.3) is 0 Å². The van der Waals surface area contributed by atoms with Crippen LogP contribution in [0.1, 0.15) is 11.6 Å². The number of carbonyl (C=O) groups is 1. The van der Waals surface area contributed by atoms with E-state index in [-0.39, 0.29) is 35.9 Å². The van der Waals surface area contributed by atoms with Crippen LogP contribution < -0.4 is 10.6 Å². The average Bonchev–Trinajstić information content (AvgIpc) is 2.58. The molecule has 1 atom stereocenters. The second kappa shape index (κ2) is 9.53. The highest BCUT2D eigenvalue weighted by Crippen LogP contribution is 2.25. The number of halogens is 4. The zero-order valence-electron chi connectivity index (χ0n) is 13.8. The fourth-order valence-corrected chi connectivity index (χ4v) is 3.36. The summed E-state index contributed by atoms with van der Waals surface area (Å²) >= 11 is 12.1. The fourth-order valence-electron chi connectivity index (χ4n) is 2.94. The van der Waals surface area contributed by atoms with Crippen LogP contribution in [0.15, 0.2) is 42.5 Å². The van der Waals surface area contributed by atoms with Gasteiger partial charge in [-0.05, 0) is 35.9 Å². The molecule has 0 aromatic heterocycles. The van der Waals surface area contributed by atoms with Gasteiger partial charge in [-0.25, -0.2) is 4.39 Å². The van der Waals surface area contributed by atoms with Crippen molar-refractivity contribution < 1.29 is 9.18 Å². The molecule has 1 aliphatic rings. The first-order valence-corrected chi connectivity index (χ1v) is 8.73. The first kappa shape index (κ1) is 20.9. The second-order valence-electron chi connectivity index (χ2n) is 5.92. The van der Waals surface area contributed by atoms with Crippen LogP contribution >= 0.6 is 35.6 Å². The van der Waals surface area contributed by atoms with E-state index in [9.17, 15) is 9.18 Å². The Hall–Kier alpha value is -1.37. The lowest BCUT2D eigenvalue weighted by Crippen LogP contribution is -2.48. The van der Waals surface area contributed by atoms with Crippen LogP contribution in [0.4, 0.5) is 10.1 Å². The van der Waals surface area contributed by atoms with Crippen LogP contribution in [-0.2, 0) is 4.79 Å². The lowest BCUT2D eigenvalue weighted by molar-refractivity contribution is -0.118. The third-order valence-corrected chi connectivity index (χ3v) is 4.69. The van der Waals surface area contributed by atoms with Crippen molar-refractivity contribution in [1.29, 1.82) is 0 Å². The molecule has 0 radical (unpaired) electrons. The molecule has 1 unspecified atom stereocenters. The summed E-state index contributed by atoms with van der Waals surface area (Å²) in [5, 5.41) is 6.94. The molecule has 2 aromatic rings. The average molecular weight is 419 g/mol. The maximum Gasteiger partial charge on any atom is 0.238 e. The van der Waals surface area contributed by atoms with Crippen molar-refractivity contribution in [2.24, 2.45) is 0 Å². The van der Waals surface area contributed by atoms with Gasteiger partial charge in [0, 0.05) is 30.7 Å². The summed E-state index contributed by atoms with van der Waals surface area (Å²) < 4.78 is 13.1. The summed E-state index contributed by atoms with van der Waals surface area (Å²) in [7, 11) is 0. The van der Waals surface area contributed by atoms with Crippen LogP contribution in [0.5, 0.6) is 0 Å². The van der Waals surface area contributed by atoms with Crippen LogP contribution in [0, 0.1) is 5.82 Å². The van der Waals surface area contributed by atoms with Crippen molar-refractivity contribution in [3.05, 3.63) is 63.9 Å². The molecule has 4 nitrogen and oxygen atoms in total. The lowest BCUT2D eigenvalue weighted by Gasteiger charge is -2.36. The van der Waals surface area contributed by atoms with Gasteiger partial charge in [0.1, 0.15) is 5.82 Å². The van der Waals surface area contributed by atoms with E-state index in [4.69, 9.17) is 23.2 Å². The third-order valence-electron chi connectivity index (χ3n) is 4.14. The fraction of sp³-hybridized carbons (Fsp3) is 0.278. The summed E-state index contributed by atoms with van der Waals surface area (Å²) in [4.78, 5) is 14.5. The largest absolute Gasteiger partial charge is 0.324 e. The molecular weight excluding hydrogens is 400 g/mol. The Bertz CT molecular complexity index is 775. The highest BCUT2D eigenvalue weighted by molar-refractivity contribution is 6.33. The standard InChI is InChI=1S/C18H18Cl2FN3O.ClH/c19-13-3-1-2-12(8-13)17-10-22-6-7-24(17)11-18(25)23-16-5-4-14(21)9-15(16)20;/h1-5,8-9,17,22H,6-7,10-11H2,(H,23,25);1H. The number of benzene rings is 2. The number of rotatable bonds is 4. The van der Waals surface area contributed by atoms with Crippen molar-refractivity contribution in [2.45, 2.75) is 6.04 Å². The maximum atomic E-state index is 13.1. The van der Waals surface area contributed by atoms with E-state index < -0.39 is 5.82 Å². The molecule has 2 aromatic carbocycles.